The van der Waals surface area contributed by atoms with Crippen molar-refractivity contribution in [3.63, 3.8) is 0 Å². The zero-order chi connectivity index (χ0) is 14.0. The summed E-state index contributed by atoms with van der Waals surface area (Å²) in [4.78, 5) is 4.01. The third-order valence-corrected chi connectivity index (χ3v) is 4.39. The Balaban J connectivity index is 2.23. The van der Waals surface area contributed by atoms with Gasteiger partial charge in [-0.1, -0.05) is 13.8 Å². The molecular formula is C13H18N2O3S. The third-order valence-electron chi connectivity index (χ3n) is 2.85. The Hall–Kier alpha value is -1.56. The average molecular weight is 282 g/mol. The van der Waals surface area contributed by atoms with Crippen LogP contribution in [0.1, 0.15) is 26.7 Å². The number of aromatic nitrogens is 1. The molecular weight excluding hydrogens is 264 g/mol. The number of rotatable bonds is 5. The van der Waals surface area contributed by atoms with Crippen LogP contribution in [0.3, 0.4) is 0 Å². The highest BCUT2D eigenvalue weighted by Crippen LogP contribution is 2.22. The quantitative estimate of drug-likeness (QED) is 0.852. The van der Waals surface area contributed by atoms with Gasteiger partial charge in [0.25, 0.3) is 0 Å². The van der Waals surface area contributed by atoms with Gasteiger partial charge in [-0.15, -0.1) is 0 Å². The van der Waals surface area contributed by atoms with Crippen molar-refractivity contribution in [2.75, 3.05) is 11.5 Å². The number of nitrogens with two attached hydrogens (primary N) is 1. The molecule has 1 aromatic heterocycles. The van der Waals surface area contributed by atoms with Crippen LogP contribution in [0.25, 0.3) is 11.1 Å². The summed E-state index contributed by atoms with van der Waals surface area (Å²) in [5.41, 5.74) is 7.06. The molecule has 0 amide bonds. The molecule has 0 bridgehead atoms. The Kier molecular flexibility index (Phi) is 3.80. The van der Waals surface area contributed by atoms with Crippen LogP contribution in [-0.2, 0) is 9.84 Å². The highest BCUT2D eigenvalue weighted by molar-refractivity contribution is 7.91. The van der Waals surface area contributed by atoms with E-state index in [9.17, 15) is 8.42 Å². The Bertz CT molecular complexity index is 674. The van der Waals surface area contributed by atoms with Crippen LogP contribution >= 0.6 is 0 Å². The first-order valence-corrected chi connectivity index (χ1v) is 7.92. The third kappa shape index (κ3) is 3.26. The fourth-order valence-corrected chi connectivity index (χ4v) is 3.00. The summed E-state index contributed by atoms with van der Waals surface area (Å²) in [6.07, 6.45) is 1.48. The van der Waals surface area contributed by atoms with Gasteiger partial charge >= 0.3 is 5.22 Å². The molecule has 0 spiro atoms. The molecule has 2 aromatic rings. The van der Waals surface area contributed by atoms with Crippen molar-refractivity contribution in [2.45, 2.75) is 31.9 Å². The molecule has 0 radical (unpaired) electrons. The number of anilines is 1. The second-order valence-electron chi connectivity index (χ2n) is 5.06. The molecule has 2 N–H and O–H groups in total. The minimum atomic E-state index is -3.45. The minimum absolute atomic E-state index is 0.0630. The molecule has 2 rings (SSSR count). The molecule has 0 aliphatic rings. The van der Waals surface area contributed by atoms with Crippen molar-refractivity contribution in [3.05, 3.63) is 18.2 Å². The number of nitrogens with zero attached hydrogens (tertiary/aromatic N) is 1. The van der Waals surface area contributed by atoms with E-state index in [4.69, 9.17) is 10.2 Å². The van der Waals surface area contributed by atoms with Crippen molar-refractivity contribution in [1.82, 2.24) is 4.98 Å². The van der Waals surface area contributed by atoms with Crippen LogP contribution < -0.4 is 5.73 Å². The predicted octanol–water partition coefficient (Wildman–Crippen LogP) is 2.62. The maximum Gasteiger partial charge on any atom is 0.316 e. The van der Waals surface area contributed by atoms with Crippen molar-refractivity contribution < 1.29 is 12.8 Å². The highest BCUT2D eigenvalue weighted by Gasteiger charge is 2.21. The number of hydrogen-bond acceptors (Lipinski definition) is 5. The van der Waals surface area contributed by atoms with Gasteiger partial charge in [0.05, 0.1) is 5.75 Å². The predicted molar refractivity (Wildman–Crippen MR) is 74.5 cm³/mol. The lowest BCUT2D eigenvalue weighted by atomic mass is 10.1. The van der Waals surface area contributed by atoms with Gasteiger partial charge in [0.15, 0.2) is 5.58 Å². The number of oxazole rings is 1. The van der Waals surface area contributed by atoms with Gasteiger partial charge in [-0.05, 0) is 30.9 Å². The largest absolute Gasteiger partial charge is 0.428 e. The fraction of sp³-hybridized carbons (Fsp3) is 0.462. The molecule has 0 unspecified atom stereocenters. The van der Waals surface area contributed by atoms with Crippen LogP contribution in [-0.4, -0.2) is 19.2 Å². The monoisotopic (exact) mass is 282 g/mol. The van der Waals surface area contributed by atoms with E-state index in [1.165, 1.54) is 0 Å². The Labute approximate surface area is 112 Å². The molecule has 0 saturated heterocycles. The van der Waals surface area contributed by atoms with Gasteiger partial charge in [-0.3, -0.25) is 0 Å². The summed E-state index contributed by atoms with van der Waals surface area (Å²) in [5, 5.41) is -0.211. The summed E-state index contributed by atoms with van der Waals surface area (Å²) in [6, 6.07) is 4.90. The van der Waals surface area contributed by atoms with Crippen LogP contribution in [0, 0.1) is 5.92 Å². The zero-order valence-corrected chi connectivity index (χ0v) is 11.9. The van der Waals surface area contributed by atoms with E-state index in [2.05, 4.69) is 18.8 Å². The molecule has 0 atom stereocenters. The minimum Gasteiger partial charge on any atom is -0.428 e. The zero-order valence-electron chi connectivity index (χ0n) is 11.1. The molecule has 19 heavy (non-hydrogen) atoms. The van der Waals surface area contributed by atoms with Crippen LogP contribution in [0.4, 0.5) is 5.69 Å². The second kappa shape index (κ2) is 5.21. The fourth-order valence-electron chi connectivity index (χ4n) is 1.82. The van der Waals surface area contributed by atoms with Crippen LogP contribution in [0.5, 0.6) is 0 Å². The van der Waals surface area contributed by atoms with E-state index in [1.807, 2.05) is 0 Å². The van der Waals surface area contributed by atoms with Gasteiger partial charge < -0.3 is 10.2 Å². The molecule has 0 aliphatic heterocycles. The van der Waals surface area contributed by atoms with Crippen LogP contribution in [0.15, 0.2) is 27.8 Å². The first-order valence-electron chi connectivity index (χ1n) is 6.27. The van der Waals surface area contributed by atoms with Gasteiger partial charge in [0.2, 0.25) is 9.84 Å². The van der Waals surface area contributed by atoms with E-state index < -0.39 is 9.84 Å². The van der Waals surface area contributed by atoms with Crippen molar-refractivity contribution in [1.29, 1.82) is 0 Å². The molecule has 0 saturated carbocycles. The Morgan fingerprint density at radius 3 is 2.79 bits per heavy atom. The summed E-state index contributed by atoms with van der Waals surface area (Å²) >= 11 is 0. The molecule has 6 heteroatoms. The van der Waals surface area contributed by atoms with Gasteiger partial charge in [-0.25, -0.2) is 8.42 Å². The Morgan fingerprint density at radius 2 is 2.11 bits per heavy atom. The van der Waals surface area contributed by atoms with E-state index >= 15 is 0 Å². The number of sulfone groups is 1. The molecule has 5 nitrogen and oxygen atoms in total. The van der Waals surface area contributed by atoms with Crippen molar-refractivity contribution >= 4 is 26.6 Å². The van der Waals surface area contributed by atoms with Crippen LogP contribution in [0.2, 0.25) is 0 Å². The first kappa shape index (κ1) is 13.9. The number of hydrogen-bond donors (Lipinski definition) is 1. The lowest BCUT2D eigenvalue weighted by Crippen LogP contribution is -2.08. The molecule has 0 aliphatic carbocycles. The molecule has 1 heterocycles. The number of fused-ring (bicyclic) bond motifs is 1. The van der Waals surface area contributed by atoms with E-state index in [1.54, 1.807) is 18.2 Å². The lowest BCUT2D eigenvalue weighted by Gasteiger charge is -2.03. The average Bonchev–Trinajstić information content (AvgIpc) is 2.71. The SMILES string of the molecule is CC(C)CCCS(=O)(=O)c1nc2ccc(N)cc2o1. The van der Waals surface area contributed by atoms with Crippen molar-refractivity contribution in [2.24, 2.45) is 5.92 Å². The first-order chi connectivity index (χ1) is 8.88. The smallest absolute Gasteiger partial charge is 0.316 e. The highest BCUT2D eigenvalue weighted by atomic mass is 32.2. The summed E-state index contributed by atoms with van der Waals surface area (Å²) in [5.74, 6) is 0.548. The Morgan fingerprint density at radius 1 is 1.37 bits per heavy atom. The topological polar surface area (TPSA) is 86.2 Å². The maximum absolute atomic E-state index is 12.1. The molecule has 1 aromatic carbocycles. The standard InChI is InChI=1S/C13H18N2O3S/c1-9(2)4-3-7-19(16,17)13-15-11-6-5-10(14)8-12(11)18-13/h5-6,8-9H,3-4,7,14H2,1-2H3. The van der Waals surface area contributed by atoms with E-state index in [0.29, 0.717) is 29.1 Å². The van der Waals surface area contributed by atoms with Crippen molar-refractivity contribution in [3.8, 4) is 0 Å². The molecule has 0 fully saturated rings. The van der Waals surface area contributed by atoms with Gasteiger partial charge in [0, 0.05) is 11.8 Å². The van der Waals surface area contributed by atoms with E-state index in [0.717, 1.165) is 6.42 Å². The molecule has 104 valence electrons. The van der Waals surface area contributed by atoms with Gasteiger partial charge in [0.1, 0.15) is 5.52 Å². The van der Waals surface area contributed by atoms with Gasteiger partial charge in [-0.2, -0.15) is 4.98 Å². The van der Waals surface area contributed by atoms with E-state index in [-0.39, 0.29) is 11.0 Å². The number of nitrogen functional groups attached to an aromatic ring is 1. The maximum atomic E-state index is 12.1. The second-order valence-corrected chi connectivity index (χ2v) is 7.05. The summed E-state index contributed by atoms with van der Waals surface area (Å²) in [7, 11) is -3.45. The normalized spacial score (nSPS) is 12.4. The lowest BCUT2D eigenvalue weighted by molar-refractivity contribution is 0.456. The number of benzene rings is 1. The summed E-state index contributed by atoms with van der Waals surface area (Å²) in [6.45, 7) is 4.13. The summed E-state index contributed by atoms with van der Waals surface area (Å²) < 4.78 is 29.5.